The molecule has 0 bridgehead atoms. The maximum atomic E-state index is 11.7. The molecule has 1 aromatic carbocycles. The highest BCUT2D eigenvalue weighted by atomic mass is 32.2. The van der Waals surface area contributed by atoms with Gasteiger partial charge >= 0.3 is 0 Å². The Bertz CT molecular complexity index is 499. The van der Waals surface area contributed by atoms with Crippen LogP contribution in [0.1, 0.15) is 6.92 Å². The van der Waals surface area contributed by atoms with Gasteiger partial charge in [-0.3, -0.25) is 4.79 Å². The third-order valence-electron chi connectivity index (χ3n) is 1.95. The van der Waals surface area contributed by atoms with E-state index in [4.69, 9.17) is 5.73 Å². The van der Waals surface area contributed by atoms with Gasteiger partial charge in [-0.25, -0.2) is 13.1 Å². The largest absolute Gasteiger partial charge is 0.325 e. The van der Waals surface area contributed by atoms with Gasteiger partial charge < -0.3 is 11.1 Å². The number of hydrogen-bond acceptors (Lipinski definition) is 4. The summed E-state index contributed by atoms with van der Waals surface area (Å²) in [4.78, 5) is 11.2. The van der Waals surface area contributed by atoms with E-state index in [1.165, 1.54) is 12.1 Å². The quantitative estimate of drug-likeness (QED) is 0.684. The van der Waals surface area contributed by atoms with Crippen LogP contribution in [0.4, 0.5) is 5.69 Å². The molecule has 0 atom stereocenters. The van der Waals surface area contributed by atoms with Gasteiger partial charge in [0.25, 0.3) is 0 Å². The van der Waals surface area contributed by atoms with Gasteiger partial charge in [0.2, 0.25) is 15.9 Å². The fourth-order valence-corrected chi connectivity index (χ4v) is 2.31. The molecule has 17 heavy (non-hydrogen) atoms. The standard InChI is InChI=1S/C10H15N3O3S/c1-2-12-17(15,16)9-5-3-4-8(6-9)13-10(14)7-11/h3-6,12H,2,7,11H2,1H3,(H,13,14). The van der Waals surface area contributed by atoms with Crippen LogP contribution in [0.2, 0.25) is 0 Å². The first-order chi connectivity index (χ1) is 7.99. The Kier molecular flexibility index (Phi) is 4.62. The fourth-order valence-electron chi connectivity index (χ4n) is 1.23. The van der Waals surface area contributed by atoms with Crippen LogP contribution in [0.3, 0.4) is 0 Å². The van der Waals surface area contributed by atoms with Crippen molar-refractivity contribution in [2.24, 2.45) is 5.73 Å². The molecular weight excluding hydrogens is 242 g/mol. The summed E-state index contributed by atoms with van der Waals surface area (Å²) in [5.74, 6) is -0.372. The minimum Gasteiger partial charge on any atom is -0.325 e. The van der Waals surface area contributed by atoms with Crippen LogP contribution in [-0.2, 0) is 14.8 Å². The van der Waals surface area contributed by atoms with Crippen LogP contribution >= 0.6 is 0 Å². The zero-order valence-corrected chi connectivity index (χ0v) is 10.3. The topological polar surface area (TPSA) is 101 Å². The predicted octanol–water partition coefficient (Wildman–Crippen LogP) is -0.118. The van der Waals surface area contributed by atoms with Crippen molar-refractivity contribution in [2.75, 3.05) is 18.4 Å². The molecule has 94 valence electrons. The summed E-state index contributed by atoms with van der Waals surface area (Å²) in [6, 6.07) is 5.98. The number of rotatable bonds is 5. The summed E-state index contributed by atoms with van der Waals surface area (Å²) < 4.78 is 25.7. The Labute approximate surface area is 100 Å². The number of nitrogens with two attached hydrogens (primary N) is 1. The summed E-state index contributed by atoms with van der Waals surface area (Å²) in [7, 11) is -3.51. The lowest BCUT2D eigenvalue weighted by Crippen LogP contribution is -2.24. The molecule has 6 nitrogen and oxygen atoms in total. The Hall–Kier alpha value is -1.44. The maximum Gasteiger partial charge on any atom is 0.240 e. The Morgan fingerprint density at radius 1 is 1.41 bits per heavy atom. The molecule has 1 amide bonds. The second-order valence-corrected chi connectivity index (χ2v) is 5.05. The normalized spacial score (nSPS) is 11.2. The summed E-state index contributed by atoms with van der Waals surface area (Å²) in [5, 5.41) is 2.49. The second-order valence-electron chi connectivity index (χ2n) is 3.28. The molecule has 0 heterocycles. The predicted molar refractivity (Wildman–Crippen MR) is 65.0 cm³/mol. The molecule has 0 fully saturated rings. The molecule has 4 N–H and O–H groups in total. The number of sulfonamides is 1. The number of carbonyl (C=O) groups excluding carboxylic acids is 1. The molecule has 0 saturated carbocycles. The number of benzene rings is 1. The fraction of sp³-hybridized carbons (Fsp3) is 0.300. The van der Waals surface area contributed by atoms with Crippen LogP contribution in [0, 0.1) is 0 Å². The lowest BCUT2D eigenvalue weighted by molar-refractivity contribution is -0.114. The lowest BCUT2D eigenvalue weighted by Gasteiger charge is -2.07. The average Bonchev–Trinajstić information content (AvgIpc) is 2.29. The minimum absolute atomic E-state index is 0.106. The highest BCUT2D eigenvalue weighted by Gasteiger charge is 2.13. The zero-order valence-electron chi connectivity index (χ0n) is 9.43. The monoisotopic (exact) mass is 257 g/mol. The van der Waals surface area contributed by atoms with Crippen molar-refractivity contribution in [3.63, 3.8) is 0 Å². The van der Waals surface area contributed by atoms with Gasteiger partial charge in [0, 0.05) is 12.2 Å². The van der Waals surface area contributed by atoms with Gasteiger partial charge in [0.05, 0.1) is 11.4 Å². The molecule has 0 aliphatic rings. The van der Waals surface area contributed by atoms with E-state index >= 15 is 0 Å². The van der Waals surface area contributed by atoms with Crippen molar-refractivity contribution in [3.05, 3.63) is 24.3 Å². The van der Waals surface area contributed by atoms with Crippen molar-refractivity contribution < 1.29 is 13.2 Å². The summed E-state index contributed by atoms with van der Waals surface area (Å²) in [5.41, 5.74) is 5.55. The Balaban J connectivity index is 2.97. The minimum atomic E-state index is -3.51. The van der Waals surface area contributed by atoms with Gasteiger partial charge in [0.1, 0.15) is 0 Å². The summed E-state index contributed by atoms with van der Waals surface area (Å²) in [6.45, 7) is 1.85. The van der Waals surface area contributed by atoms with Crippen molar-refractivity contribution >= 4 is 21.6 Å². The number of anilines is 1. The van der Waals surface area contributed by atoms with E-state index in [2.05, 4.69) is 10.0 Å². The first-order valence-electron chi connectivity index (χ1n) is 5.09. The molecule has 0 saturated heterocycles. The molecular formula is C10H15N3O3S. The smallest absolute Gasteiger partial charge is 0.240 e. The number of nitrogens with one attached hydrogen (secondary N) is 2. The van der Waals surface area contributed by atoms with Crippen molar-refractivity contribution in [1.29, 1.82) is 0 Å². The van der Waals surface area contributed by atoms with Gasteiger partial charge in [-0.05, 0) is 18.2 Å². The van der Waals surface area contributed by atoms with E-state index < -0.39 is 10.0 Å². The third kappa shape index (κ3) is 3.81. The van der Waals surface area contributed by atoms with Gasteiger partial charge in [-0.1, -0.05) is 13.0 Å². The third-order valence-corrected chi connectivity index (χ3v) is 3.49. The number of amides is 1. The Morgan fingerprint density at radius 3 is 2.71 bits per heavy atom. The van der Waals surface area contributed by atoms with Crippen LogP contribution in [0.15, 0.2) is 29.2 Å². The highest BCUT2D eigenvalue weighted by molar-refractivity contribution is 7.89. The summed E-state index contributed by atoms with van der Waals surface area (Å²) in [6.07, 6.45) is 0. The van der Waals surface area contributed by atoms with Crippen molar-refractivity contribution in [1.82, 2.24) is 4.72 Å². The Morgan fingerprint density at radius 2 is 2.12 bits per heavy atom. The SMILES string of the molecule is CCNS(=O)(=O)c1cccc(NC(=O)CN)c1. The molecule has 0 radical (unpaired) electrons. The van der Waals surface area contributed by atoms with Crippen molar-refractivity contribution in [3.8, 4) is 0 Å². The summed E-state index contributed by atoms with van der Waals surface area (Å²) >= 11 is 0. The van der Waals surface area contributed by atoms with Gasteiger partial charge in [-0.2, -0.15) is 0 Å². The van der Waals surface area contributed by atoms with Crippen LogP contribution in [0.25, 0.3) is 0 Å². The molecule has 0 aromatic heterocycles. The maximum absolute atomic E-state index is 11.7. The molecule has 0 unspecified atom stereocenters. The zero-order chi connectivity index (χ0) is 12.9. The van der Waals surface area contributed by atoms with E-state index in [1.54, 1.807) is 19.1 Å². The molecule has 0 aliphatic carbocycles. The van der Waals surface area contributed by atoms with E-state index in [-0.39, 0.29) is 17.3 Å². The van der Waals surface area contributed by atoms with E-state index in [0.717, 1.165) is 0 Å². The average molecular weight is 257 g/mol. The molecule has 0 spiro atoms. The van der Waals surface area contributed by atoms with Crippen LogP contribution in [0.5, 0.6) is 0 Å². The second kappa shape index (κ2) is 5.76. The van der Waals surface area contributed by atoms with Crippen LogP contribution in [-0.4, -0.2) is 27.4 Å². The van der Waals surface area contributed by atoms with Gasteiger partial charge in [-0.15, -0.1) is 0 Å². The lowest BCUT2D eigenvalue weighted by atomic mass is 10.3. The molecule has 1 rings (SSSR count). The number of hydrogen-bond donors (Lipinski definition) is 3. The molecule has 0 aliphatic heterocycles. The van der Waals surface area contributed by atoms with Gasteiger partial charge in [0.15, 0.2) is 0 Å². The molecule has 1 aromatic rings. The number of carbonyl (C=O) groups is 1. The van der Waals surface area contributed by atoms with Crippen molar-refractivity contribution in [2.45, 2.75) is 11.8 Å². The first kappa shape index (κ1) is 13.6. The van der Waals surface area contributed by atoms with E-state index in [1.807, 2.05) is 0 Å². The van der Waals surface area contributed by atoms with E-state index in [9.17, 15) is 13.2 Å². The first-order valence-corrected chi connectivity index (χ1v) is 6.57. The van der Waals surface area contributed by atoms with Crippen LogP contribution < -0.4 is 15.8 Å². The molecule has 7 heteroatoms. The van der Waals surface area contributed by atoms with E-state index in [0.29, 0.717) is 12.2 Å². The highest BCUT2D eigenvalue weighted by Crippen LogP contribution is 2.14.